The maximum atomic E-state index is 10.7. The monoisotopic (exact) mass is 180 g/mol. The van der Waals surface area contributed by atoms with E-state index in [1.807, 2.05) is 0 Å². The van der Waals surface area contributed by atoms with Gasteiger partial charge in [-0.25, -0.2) is 0 Å². The lowest BCUT2D eigenvalue weighted by atomic mass is 10.0. The molecule has 2 atom stereocenters. The zero-order valence-corrected chi connectivity index (χ0v) is 7.34. The van der Waals surface area contributed by atoms with E-state index in [4.69, 9.17) is 0 Å². The van der Waals surface area contributed by atoms with Crippen LogP contribution in [0.1, 0.15) is 18.6 Å². The van der Waals surface area contributed by atoms with E-state index in [0.29, 0.717) is 5.56 Å². The van der Waals surface area contributed by atoms with Gasteiger partial charge in [0.25, 0.3) is 0 Å². The largest absolute Gasteiger partial charge is 0.385 e. The molecule has 0 unspecified atom stereocenters. The summed E-state index contributed by atoms with van der Waals surface area (Å²) in [5.41, 5.74) is 0.546. The zero-order chi connectivity index (χ0) is 9.84. The highest BCUT2D eigenvalue weighted by molar-refractivity contribution is 5.80. The van der Waals surface area contributed by atoms with Crippen LogP contribution in [-0.2, 0) is 4.79 Å². The lowest BCUT2D eigenvalue weighted by Crippen LogP contribution is -2.25. The predicted molar refractivity (Wildman–Crippen MR) is 48.1 cm³/mol. The van der Waals surface area contributed by atoms with Gasteiger partial charge in [0.05, 0.1) is 0 Å². The summed E-state index contributed by atoms with van der Waals surface area (Å²) in [6.45, 7) is 1.25. The molecule has 0 radical (unpaired) electrons. The predicted octanol–water partition coefficient (Wildman–Crippen LogP) is 0.670. The Balaban J connectivity index is 2.79. The van der Waals surface area contributed by atoms with Crippen LogP contribution >= 0.6 is 0 Å². The van der Waals surface area contributed by atoms with Gasteiger partial charge in [0, 0.05) is 0 Å². The van der Waals surface area contributed by atoms with Gasteiger partial charge in [-0.05, 0) is 12.5 Å². The quantitative estimate of drug-likeness (QED) is 0.718. The molecule has 3 nitrogen and oxygen atoms in total. The van der Waals surface area contributed by atoms with E-state index in [0.717, 1.165) is 0 Å². The number of carbonyl (C=O) groups excluding carboxylic acids is 1. The fourth-order valence-corrected chi connectivity index (χ4v) is 1.05. The average molecular weight is 180 g/mol. The summed E-state index contributed by atoms with van der Waals surface area (Å²) in [4.78, 5) is 10.7. The van der Waals surface area contributed by atoms with Crippen molar-refractivity contribution in [3.63, 3.8) is 0 Å². The SMILES string of the molecule is CC(=O)[C@@H](O)[C@H](O)c1ccccc1. The van der Waals surface area contributed by atoms with Crippen LogP contribution in [0.3, 0.4) is 0 Å². The lowest BCUT2D eigenvalue weighted by Gasteiger charge is -2.14. The van der Waals surface area contributed by atoms with Crippen LogP contribution in [0.5, 0.6) is 0 Å². The Morgan fingerprint density at radius 3 is 2.23 bits per heavy atom. The van der Waals surface area contributed by atoms with E-state index in [1.54, 1.807) is 30.3 Å². The van der Waals surface area contributed by atoms with Crippen LogP contribution in [0.25, 0.3) is 0 Å². The highest BCUT2D eigenvalue weighted by Crippen LogP contribution is 2.16. The van der Waals surface area contributed by atoms with E-state index < -0.39 is 18.0 Å². The van der Waals surface area contributed by atoms with Crippen LogP contribution in [0.2, 0.25) is 0 Å². The molecule has 1 aromatic rings. The Kier molecular flexibility index (Phi) is 3.17. The number of carbonyl (C=O) groups is 1. The molecular weight excluding hydrogens is 168 g/mol. The Labute approximate surface area is 76.6 Å². The number of aliphatic hydroxyl groups is 2. The minimum absolute atomic E-state index is 0.434. The Hall–Kier alpha value is -1.19. The molecule has 1 aromatic carbocycles. The van der Waals surface area contributed by atoms with Gasteiger partial charge in [0.2, 0.25) is 0 Å². The fraction of sp³-hybridized carbons (Fsp3) is 0.300. The summed E-state index contributed by atoms with van der Waals surface area (Å²) < 4.78 is 0. The second-order valence-electron chi connectivity index (χ2n) is 2.91. The number of ketones is 1. The third kappa shape index (κ3) is 2.37. The summed E-state index contributed by atoms with van der Waals surface area (Å²) in [5, 5.41) is 18.7. The highest BCUT2D eigenvalue weighted by atomic mass is 16.3. The number of hydrogen-bond acceptors (Lipinski definition) is 3. The second kappa shape index (κ2) is 4.16. The smallest absolute Gasteiger partial charge is 0.161 e. The average Bonchev–Trinajstić information content (AvgIpc) is 2.17. The molecule has 0 aromatic heterocycles. The highest BCUT2D eigenvalue weighted by Gasteiger charge is 2.21. The van der Waals surface area contributed by atoms with Gasteiger partial charge in [-0.1, -0.05) is 30.3 Å². The lowest BCUT2D eigenvalue weighted by molar-refractivity contribution is -0.130. The number of aliphatic hydroxyl groups excluding tert-OH is 2. The standard InChI is InChI=1S/C10H12O3/c1-7(11)9(12)10(13)8-5-3-2-4-6-8/h2-6,9-10,12-13H,1H3/t9-,10-/m1/s1. The van der Waals surface area contributed by atoms with Crippen molar-refractivity contribution in [2.24, 2.45) is 0 Å². The molecule has 0 aliphatic rings. The van der Waals surface area contributed by atoms with Gasteiger partial charge in [-0.15, -0.1) is 0 Å². The third-order valence-corrected chi connectivity index (χ3v) is 1.86. The van der Waals surface area contributed by atoms with E-state index in [9.17, 15) is 15.0 Å². The second-order valence-corrected chi connectivity index (χ2v) is 2.91. The van der Waals surface area contributed by atoms with E-state index >= 15 is 0 Å². The van der Waals surface area contributed by atoms with Crippen molar-refractivity contribution in [3.05, 3.63) is 35.9 Å². The molecule has 0 saturated carbocycles. The molecule has 0 fully saturated rings. The molecule has 0 heterocycles. The van der Waals surface area contributed by atoms with Crippen molar-refractivity contribution in [1.82, 2.24) is 0 Å². The van der Waals surface area contributed by atoms with Crippen LogP contribution in [-0.4, -0.2) is 22.1 Å². The maximum Gasteiger partial charge on any atom is 0.161 e. The molecule has 0 bridgehead atoms. The van der Waals surface area contributed by atoms with E-state index in [2.05, 4.69) is 0 Å². The van der Waals surface area contributed by atoms with Crippen molar-refractivity contribution in [2.45, 2.75) is 19.1 Å². The number of hydrogen-bond donors (Lipinski definition) is 2. The fourth-order valence-electron chi connectivity index (χ4n) is 1.05. The number of Topliss-reactive ketones (excluding diaryl/α,β-unsaturated/α-hetero) is 1. The first-order chi connectivity index (χ1) is 6.13. The molecular formula is C10H12O3. The van der Waals surface area contributed by atoms with E-state index in [-0.39, 0.29) is 0 Å². The van der Waals surface area contributed by atoms with Crippen molar-refractivity contribution in [2.75, 3.05) is 0 Å². The van der Waals surface area contributed by atoms with Crippen LogP contribution < -0.4 is 0 Å². The zero-order valence-electron chi connectivity index (χ0n) is 7.34. The molecule has 3 heteroatoms. The van der Waals surface area contributed by atoms with Gasteiger partial charge in [-0.3, -0.25) is 4.79 Å². The molecule has 0 aliphatic carbocycles. The summed E-state index contributed by atoms with van der Waals surface area (Å²) in [7, 11) is 0. The summed E-state index contributed by atoms with van der Waals surface area (Å²) in [5.74, 6) is -0.434. The minimum atomic E-state index is -1.33. The summed E-state index contributed by atoms with van der Waals surface area (Å²) >= 11 is 0. The van der Waals surface area contributed by atoms with Gasteiger partial charge in [-0.2, -0.15) is 0 Å². The normalized spacial score (nSPS) is 15.0. The van der Waals surface area contributed by atoms with E-state index in [1.165, 1.54) is 6.92 Å². The maximum absolute atomic E-state index is 10.7. The first-order valence-electron chi connectivity index (χ1n) is 4.04. The van der Waals surface area contributed by atoms with Gasteiger partial charge in [0.15, 0.2) is 5.78 Å². The third-order valence-electron chi connectivity index (χ3n) is 1.86. The summed E-state index contributed by atoms with van der Waals surface area (Å²) in [6.07, 6.45) is -2.46. The van der Waals surface area contributed by atoms with Gasteiger partial charge < -0.3 is 10.2 Å². The first-order valence-corrected chi connectivity index (χ1v) is 4.04. The Morgan fingerprint density at radius 1 is 1.23 bits per heavy atom. The summed E-state index contributed by atoms with van der Waals surface area (Å²) in [6, 6.07) is 8.61. The number of rotatable bonds is 3. The topological polar surface area (TPSA) is 57.5 Å². The molecule has 2 N–H and O–H groups in total. The molecule has 13 heavy (non-hydrogen) atoms. The molecule has 1 rings (SSSR count). The van der Waals surface area contributed by atoms with Crippen molar-refractivity contribution >= 4 is 5.78 Å². The Morgan fingerprint density at radius 2 is 1.77 bits per heavy atom. The van der Waals surface area contributed by atoms with Gasteiger partial charge >= 0.3 is 0 Å². The van der Waals surface area contributed by atoms with Crippen molar-refractivity contribution < 1.29 is 15.0 Å². The molecule has 0 aliphatic heterocycles. The van der Waals surface area contributed by atoms with Crippen LogP contribution in [0, 0.1) is 0 Å². The minimum Gasteiger partial charge on any atom is -0.385 e. The molecule has 70 valence electrons. The number of benzene rings is 1. The Bertz CT molecular complexity index is 281. The first kappa shape index (κ1) is 9.89. The molecule has 0 amide bonds. The van der Waals surface area contributed by atoms with Crippen molar-refractivity contribution in [3.8, 4) is 0 Å². The van der Waals surface area contributed by atoms with Crippen LogP contribution in [0.4, 0.5) is 0 Å². The van der Waals surface area contributed by atoms with Crippen molar-refractivity contribution in [1.29, 1.82) is 0 Å². The van der Waals surface area contributed by atoms with Crippen LogP contribution in [0.15, 0.2) is 30.3 Å². The molecule has 0 spiro atoms. The molecule has 0 saturated heterocycles. The van der Waals surface area contributed by atoms with Gasteiger partial charge in [0.1, 0.15) is 12.2 Å².